The van der Waals surface area contributed by atoms with Crippen molar-refractivity contribution < 1.29 is 9.26 Å². The van der Waals surface area contributed by atoms with Crippen molar-refractivity contribution in [3.05, 3.63) is 29.4 Å². The molecule has 0 saturated carbocycles. The van der Waals surface area contributed by atoms with Crippen LogP contribution in [0.1, 0.15) is 55.5 Å². The number of imidazole rings is 1. The molecule has 7 heteroatoms. The van der Waals surface area contributed by atoms with Crippen LogP contribution in [0.25, 0.3) is 0 Å². The Kier molecular flexibility index (Phi) is 3.79. The molecule has 2 aromatic heterocycles. The zero-order valence-corrected chi connectivity index (χ0v) is 11.7. The first-order valence-electron chi connectivity index (χ1n) is 7.01. The Balaban J connectivity index is 1.74. The van der Waals surface area contributed by atoms with Crippen LogP contribution in [-0.4, -0.2) is 26.7 Å². The van der Waals surface area contributed by atoms with Gasteiger partial charge in [-0.25, -0.2) is 4.98 Å². The van der Waals surface area contributed by atoms with Gasteiger partial charge < -0.3 is 14.2 Å². The Labute approximate surface area is 117 Å². The molecule has 1 aliphatic heterocycles. The Bertz CT molecular complexity index is 565. The molecule has 0 aliphatic carbocycles. The molecule has 2 N–H and O–H groups in total. The number of rotatable bonds is 5. The molecule has 0 aromatic carbocycles. The van der Waals surface area contributed by atoms with Crippen LogP contribution in [-0.2, 0) is 17.7 Å². The number of ether oxygens (including phenoxy) is 1. The first-order chi connectivity index (χ1) is 9.81. The van der Waals surface area contributed by atoms with E-state index in [2.05, 4.69) is 25.4 Å². The van der Waals surface area contributed by atoms with Gasteiger partial charge in [0.2, 0.25) is 11.7 Å². The second-order valence-corrected chi connectivity index (χ2v) is 4.81. The summed E-state index contributed by atoms with van der Waals surface area (Å²) in [5, 5.41) is 7.42. The minimum absolute atomic E-state index is 0.0196. The van der Waals surface area contributed by atoms with E-state index in [1.54, 1.807) is 6.33 Å². The second-order valence-electron chi connectivity index (χ2n) is 4.81. The standard InChI is InChI=1S/C13H19N5O2/c1-3-11(19-4-2)12-17-13(20-18-12)9-5-8-10(6-14-9)16-7-15-8/h7,9,11,14H,3-6H2,1-2H3,(H,15,16). The third-order valence-electron chi connectivity index (χ3n) is 3.51. The van der Waals surface area contributed by atoms with Crippen LogP contribution in [0.3, 0.4) is 0 Å². The zero-order valence-electron chi connectivity index (χ0n) is 11.7. The number of hydrogen-bond donors (Lipinski definition) is 2. The van der Waals surface area contributed by atoms with Crippen molar-refractivity contribution in [2.75, 3.05) is 6.61 Å². The summed E-state index contributed by atoms with van der Waals surface area (Å²) in [6, 6.07) is 0.0196. The summed E-state index contributed by atoms with van der Waals surface area (Å²) in [6.45, 7) is 5.39. The molecule has 3 heterocycles. The maximum absolute atomic E-state index is 5.60. The van der Waals surface area contributed by atoms with Gasteiger partial charge in [0, 0.05) is 19.6 Å². The van der Waals surface area contributed by atoms with Crippen molar-refractivity contribution in [2.24, 2.45) is 0 Å². The van der Waals surface area contributed by atoms with E-state index < -0.39 is 0 Å². The van der Waals surface area contributed by atoms with Gasteiger partial charge in [0.1, 0.15) is 6.10 Å². The summed E-state index contributed by atoms with van der Waals surface area (Å²) in [6.07, 6.45) is 3.21. The highest BCUT2D eigenvalue weighted by Gasteiger charge is 2.27. The molecule has 0 amide bonds. The van der Waals surface area contributed by atoms with Crippen LogP contribution in [0.5, 0.6) is 0 Å². The maximum Gasteiger partial charge on any atom is 0.244 e. The van der Waals surface area contributed by atoms with Crippen LogP contribution >= 0.6 is 0 Å². The highest BCUT2D eigenvalue weighted by atomic mass is 16.5. The van der Waals surface area contributed by atoms with Crippen molar-refractivity contribution >= 4 is 0 Å². The number of aromatic nitrogens is 4. The van der Waals surface area contributed by atoms with E-state index in [4.69, 9.17) is 9.26 Å². The third kappa shape index (κ3) is 2.46. The zero-order chi connectivity index (χ0) is 13.9. The Morgan fingerprint density at radius 2 is 2.40 bits per heavy atom. The van der Waals surface area contributed by atoms with E-state index in [1.165, 1.54) is 0 Å². The van der Waals surface area contributed by atoms with Gasteiger partial charge >= 0.3 is 0 Å². The first-order valence-corrected chi connectivity index (χ1v) is 7.01. The van der Waals surface area contributed by atoms with E-state index in [0.717, 1.165) is 30.8 Å². The maximum atomic E-state index is 5.60. The largest absolute Gasteiger partial charge is 0.370 e. The molecule has 0 fully saturated rings. The fraction of sp³-hybridized carbons (Fsp3) is 0.615. The van der Waals surface area contributed by atoms with E-state index in [9.17, 15) is 0 Å². The van der Waals surface area contributed by atoms with Crippen molar-refractivity contribution in [1.82, 2.24) is 25.4 Å². The van der Waals surface area contributed by atoms with Crippen molar-refractivity contribution in [2.45, 2.75) is 45.4 Å². The molecule has 0 saturated heterocycles. The molecular weight excluding hydrogens is 258 g/mol. The Morgan fingerprint density at radius 1 is 1.50 bits per heavy atom. The lowest BCUT2D eigenvalue weighted by atomic mass is 10.1. The van der Waals surface area contributed by atoms with E-state index in [1.807, 2.05) is 13.8 Å². The average Bonchev–Trinajstić information content (AvgIpc) is 3.12. The van der Waals surface area contributed by atoms with Gasteiger partial charge in [-0.15, -0.1) is 0 Å². The van der Waals surface area contributed by atoms with Crippen LogP contribution in [0.2, 0.25) is 0 Å². The van der Waals surface area contributed by atoms with E-state index in [-0.39, 0.29) is 12.1 Å². The lowest BCUT2D eigenvalue weighted by molar-refractivity contribution is 0.0518. The number of nitrogens with one attached hydrogen (secondary N) is 2. The van der Waals surface area contributed by atoms with Crippen LogP contribution in [0, 0.1) is 0 Å². The molecule has 3 rings (SSSR count). The van der Waals surface area contributed by atoms with Gasteiger partial charge in [0.15, 0.2) is 0 Å². The number of aromatic amines is 1. The van der Waals surface area contributed by atoms with Gasteiger partial charge in [-0.3, -0.25) is 5.32 Å². The molecule has 0 spiro atoms. The van der Waals surface area contributed by atoms with Crippen LogP contribution < -0.4 is 5.32 Å². The molecule has 0 radical (unpaired) electrons. The van der Waals surface area contributed by atoms with Gasteiger partial charge in [0.05, 0.1) is 23.8 Å². The first kappa shape index (κ1) is 13.3. The normalized spacial score (nSPS) is 19.8. The summed E-state index contributed by atoms with van der Waals surface area (Å²) in [5.74, 6) is 1.23. The molecule has 2 aromatic rings. The summed E-state index contributed by atoms with van der Waals surface area (Å²) < 4.78 is 11.0. The predicted molar refractivity (Wildman–Crippen MR) is 70.8 cm³/mol. The van der Waals surface area contributed by atoms with Crippen LogP contribution in [0.15, 0.2) is 10.9 Å². The van der Waals surface area contributed by atoms with Crippen molar-refractivity contribution in [1.29, 1.82) is 0 Å². The number of H-pyrrole nitrogens is 1. The lowest BCUT2D eigenvalue weighted by Gasteiger charge is -2.19. The average molecular weight is 277 g/mol. The highest BCUT2D eigenvalue weighted by molar-refractivity contribution is 5.17. The molecule has 108 valence electrons. The summed E-state index contributed by atoms with van der Waals surface area (Å²) in [5.41, 5.74) is 2.19. The van der Waals surface area contributed by atoms with Gasteiger partial charge in [0.25, 0.3) is 0 Å². The number of hydrogen-bond acceptors (Lipinski definition) is 6. The summed E-state index contributed by atoms with van der Waals surface area (Å²) >= 11 is 0. The lowest BCUT2D eigenvalue weighted by Crippen LogP contribution is -2.28. The second kappa shape index (κ2) is 5.72. The monoisotopic (exact) mass is 277 g/mol. The van der Waals surface area contributed by atoms with Gasteiger partial charge in [-0.2, -0.15) is 4.98 Å². The van der Waals surface area contributed by atoms with E-state index in [0.29, 0.717) is 18.3 Å². The number of nitrogens with zero attached hydrogens (tertiary/aromatic N) is 3. The summed E-state index contributed by atoms with van der Waals surface area (Å²) in [4.78, 5) is 11.9. The molecule has 1 aliphatic rings. The fourth-order valence-corrected chi connectivity index (χ4v) is 2.44. The molecule has 20 heavy (non-hydrogen) atoms. The van der Waals surface area contributed by atoms with Gasteiger partial charge in [-0.05, 0) is 13.3 Å². The fourth-order valence-electron chi connectivity index (χ4n) is 2.44. The minimum atomic E-state index is -0.0953. The van der Waals surface area contributed by atoms with Crippen molar-refractivity contribution in [3.8, 4) is 0 Å². The topological polar surface area (TPSA) is 88.9 Å². The van der Waals surface area contributed by atoms with Gasteiger partial charge in [-0.1, -0.05) is 12.1 Å². The summed E-state index contributed by atoms with van der Waals surface area (Å²) in [7, 11) is 0. The SMILES string of the molecule is CCOC(CC)c1noc(C2Cc3nc[nH]c3CN2)n1. The molecule has 2 unspecified atom stereocenters. The quantitative estimate of drug-likeness (QED) is 0.864. The predicted octanol–water partition coefficient (Wildman–Crippen LogP) is 1.67. The Hall–Kier alpha value is -1.73. The highest BCUT2D eigenvalue weighted by Crippen LogP contribution is 2.25. The third-order valence-corrected chi connectivity index (χ3v) is 3.51. The van der Waals surface area contributed by atoms with Crippen molar-refractivity contribution in [3.63, 3.8) is 0 Å². The van der Waals surface area contributed by atoms with Crippen LogP contribution in [0.4, 0.5) is 0 Å². The molecule has 2 atom stereocenters. The number of fused-ring (bicyclic) bond motifs is 1. The molecule has 7 nitrogen and oxygen atoms in total. The minimum Gasteiger partial charge on any atom is -0.370 e. The molecule has 0 bridgehead atoms. The van der Waals surface area contributed by atoms with E-state index >= 15 is 0 Å². The molecular formula is C13H19N5O2. The Morgan fingerprint density at radius 3 is 3.20 bits per heavy atom. The smallest absolute Gasteiger partial charge is 0.244 e.